The first kappa shape index (κ1) is 26.6. The second-order valence-electron chi connectivity index (χ2n) is 8.53. The minimum absolute atomic E-state index is 0.00824. The standard InChI is InChI=1S/C27H30F3N5O/c1-5-19(13-23-17(4)34-35-25(23)31)20-9-7-18(8-10-20)15-32-16(3)24(26(36)33-22-11-12-22)14-21(6-2)27(28,29)30/h5-10,13-14,22,32,34H,2,4,11-12,15H2,1,3H3,(H2,31,35)(H,33,36)/b19-5+,21-14+,23-13+,24-16-. The van der Waals surface area contributed by atoms with Crippen LogP contribution in [-0.2, 0) is 11.3 Å². The Morgan fingerprint density at radius 2 is 1.94 bits per heavy atom. The van der Waals surface area contributed by atoms with E-state index in [1.54, 1.807) is 6.92 Å². The summed E-state index contributed by atoms with van der Waals surface area (Å²) in [5, 5.41) is 13.9. The zero-order valence-corrected chi connectivity index (χ0v) is 20.3. The van der Waals surface area contributed by atoms with Crippen LogP contribution in [0.15, 0.2) is 65.9 Å². The first-order valence-electron chi connectivity index (χ1n) is 11.5. The van der Waals surface area contributed by atoms with E-state index in [0.29, 0.717) is 29.5 Å². The molecule has 0 radical (unpaired) electrons. The fraction of sp³-hybridized carbons (Fsp3) is 0.259. The number of rotatable bonds is 9. The number of nitrogens with zero attached hydrogens (tertiary/aromatic N) is 1. The van der Waals surface area contributed by atoms with E-state index >= 15 is 0 Å². The molecule has 0 bridgehead atoms. The molecule has 2 aromatic rings. The molecule has 36 heavy (non-hydrogen) atoms. The number of aromatic nitrogens is 2. The SMILES string of the molecule is C=C/C(=C\C(C(=O)NC1CC1)=C(/C)NCc1ccc(C(=C/C)/C=c2/c(N)n[nH]c2=C)cc1)C(F)(F)F. The van der Waals surface area contributed by atoms with Gasteiger partial charge in [-0.25, -0.2) is 0 Å². The number of benzene rings is 1. The van der Waals surface area contributed by atoms with E-state index in [0.717, 1.165) is 40.8 Å². The normalized spacial score (nSPS) is 16.0. The second kappa shape index (κ2) is 11.2. The number of halogens is 3. The quantitative estimate of drug-likeness (QED) is 0.315. The van der Waals surface area contributed by atoms with Crippen molar-refractivity contribution in [2.75, 3.05) is 5.73 Å². The van der Waals surface area contributed by atoms with Gasteiger partial charge in [-0.1, -0.05) is 49.6 Å². The number of anilines is 1. The maximum Gasteiger partial charge on any atom is 0.416 e. The highest BCUT2D eigenvalue weighted by atomic mass is 19.4. The summed E-state index contributed by atoms with van der Waals surface area (Å²) < 4.78 is 39.9. The number of amides is 1. The van der Waals surface area contributed by atoms with Crippen molar-refractivity contribution in [2.45, 2.75) is 45.5 Å². The summed E-state index contributed by atoms with van der Waals surface area (Å²) in [7, 11) is 0. The van der Waals surface area contributed by atoms with Crippen LogP contribution in [-0.4, -0.2) is 28.3 Å². The Morgan fingerprint density at radius 3 is 2.44 bits per heavy atom. The monoisotopic (exact) mass is 497 g/mol. The molecule has 9 heteroatoms. The van der Waals surface area contributed by atoms with Gasteiger partial charge in [0.05, 0.1) is 16.5 Å². The summed E-state index contributed by atoms with van der Waals surface area (Å²) in [4.78, 5) is 12.7. The van der Waals surface area contributed by atoms with Crippen LogP contribution in [0.4, 0.5) is 19.0 Å². The average Bonchev–Trinajstić information content (AvgIpc) is 3.59. The number of alkyl halides is 3. The molecule has 0 aliphatic heterocycles. The van der Waals surface area contributed by atoms with Gasteiger partial charge in [0, 0.05) is 23.5 Å². The molecule has 1 amide bonds. The van der Waals surface area contributed by atoms with E-state index < -0.39 is 17.7 Å². The van der Waals surface area contributed by atoms with E-state index in [-0.39, 0.29) is 11.6 Å². The molecule has 0 atom stereocenters. The maximum absolute atomic E-state index is 13.3. The molecule has 5 N–H and O–H groups in total. The third-order valence-electron chi connectivity index (χ3n) is 5.78. The zero-order valence-electron chi connectivity index (χ0n) is 20.3. The molecule has 0 spiro atoms. The Kier molecular flexibility index (Phi) is 8.24. The van der Waals surface area contributed by atoms with Gasteiger partial charge in [0.2, 0.25) is 0 Å². The maximum atomic E-state index is 13.3. The summed E-state index contributed by atoms with van der Waals surface area (Å²) in [5.74, 6) is -0.179. The first-order chi connectivity index (χ1) is 17.0. The Labute approximate surface area is 207 Å². The second-order valence-corrected chi connectivity index (χ2v) is 8.53. The Hall–Kier alpha value is -4.01. The summed E-state index contributed by atoms with van der Waals surface area (Å²) in [6.45, 7) is 11.0. The smallest absolute Gasteiger partial charge is 0.384 e. The minimum atomic E-state index is -4.61. The van der Waals surface area contributed by atoms with Gasteiger partial charge in [-0.15, -0.1) is 0 Å². The molecule has 6 nitrogen and oxygen atoms in total. The van der Waals surface area contributed by atoms with Crippen LogP contribution in [0.25, 0.3) is 18.2 Å². The van der Waals surface area contributed by atoms with Crippen molar-refractivity contribution < 1.29 is 18.0 Å². The van der Waals surface area contributed by atoms with Crippen molar-refractivity contribution in [1.82, 2.24) is 20.8 Å². The lowest BCUT2D eigenvalue weighted by atomic mass is 10.0. The summed E-state index contributed by atoms with van der Waals surface area (Å²) in [6, 6.07) is 7.68. The van der Waals surface area contributed by atoms with Crippen molar-refractivity contribution in [3.63, 3.8) is 0 Å². The highest BCUT2D eigenvalue weighted by Gasteiger charge is 2.33. The van der Waals surface area contributed by atoms with Crippen molar-refractivity contribution in [3.8, 4) is 0 Å². The molecular weight excluding hydrogens is 467 g/mol. The average molecular weight is 498 g/mol. The van der Waals surface area contributed by atoms with Gasteiger partial charge in [0.15, 0.2) is 5.82 Å². The number of hydrogen-bond donors (Lipinski definition) is 4. The van der Waals surface area contributed by atoms with Crippen molar-refractivity contribution in [1.29, 1.82) is 0 Å². The lowest BCUT2D eigenvalue weighted by Crippen LogP contribution is -2.29. The molecule has 1 aromatic carbocycles. The number of nitrogens with two attached hydrogens (primary N) is 1. The molecule has 1 saturated carbocycles. The molecule has 1 aliphatic carbocycles. The molecule has 0 unspecified atom stereocenters. The van der Waals surface area contributed by atoms with Crippen LogP contribution in [0.5, 0.6) is 0 Å². The zero-order chi connectivity index (χ0) is 26.5. The van der Waals surface area contributed by atoms with E-state index in [9.17, 15) is 18.0 Å². The number of H-pyrrole nitrogens is 1. The first-order valence-corrected chi connectivity index (χ1v) is 11.5. The van der Waals surface area contributed by atoms with Crippen LogP contribution in [0.3, 0.4) is 0 Å². The van der Waals surface area contributed by atoms with Gasteiger partial charge in [0.25, 0.3) is 5.91 Å². The molecule has 1 aliphatic rings. The van der Waals surface area contributed by atoms with Crippen LogP contribution < -0.4 is 26.9 Å². The number of nitrogen functional groups attached to an aromatic ring is 1. The van der Waals surface area contributed by atoms with E-state index in [1.807, 2.05) is 43.3 Å². The predicted molar refractivity (Wildman–Crippen MR) is 137 cm³/mol. The largest absolute Gasteiger partial charge is 0.416 e. The number of allylic oxidation sites excluding steroid dienone is 5. The minimum Gasteiger partial charge on any atom is -0.384 e. The predicted octanol–water partition coefficient (Wildman–Crippen LogP) is 3.60. The van der Waals surface area contributed by atoms with Crippen LogP contribution in [0, 0.1) is 0 Å². The molecule has 1 aromatic heterocycles. The van der Waals surface area contributed by atoms with Crippen molar-refractivity contribution in [2.24, 2.45) is 0 Å². The van der Waals surface area contributed by atoms with Gasteiger partial charge in [0.1, 0.15) is 0 Å². The van der Waals surface area contributed by atoms with Gasteiger partial charge in [-0.2, -0.15) is 18.3 Å². The number of carbonyl (C=O) groups is 1. The summed E-state index contributed by atoms with van der Waals surface area (Å²) >= 11 is 0. The van der Waals surface area contributed by atoms with Crippen LogP contribution >= 0.6 is 0 Å². The fourth-order valence-electron chi connectivity index (χ4n) is 3.44. The lowest BCUT2D eigenvalue weighted by Gasteiger charge is -2.14. The number of nitrogens with one attached hydrogen (secondary N) is 3. The lowest BCUT2D eigenvalue weighted by molar-refractivity contribution is -0.117. The Balaban J connectivity index is 1.81. The number of aromatic amines is 1. The van der Waals surface area contributed by atoms with Crippen molar-refractivity contribution in [3.05, 3.63) is 87.6 Å². The highest BCUT2D eigenvalue weighted by Crippen LogP contribution is 2.28. The highest BCUT2D eigenvalue weighted by molar-refractivity contribution is 5.97. The molecular formula is C27H30F3N5O. The fourth-order valence-corrected chi connectivity index (χ4v) is 3.44. The molecule has 3 rings (SSSR count). The molecule has 190 valence electrons. The third-order valence-corrected chi connectivity index (χ3v) is 5.78. The molecule has 1 fully saturated rings. The van der Waals surface area contributed by atoms with E-state index in [4.69, 9.17) is 5.73 Å². The third kappa shape index (κ3) is 6.78. The van der Waals surface area contributed by atoms with Gasteiger partial charge in [-0.3, -0.25) is 9.89 Å². The van der Waals surface area contributed by atoms with E-state index in [2.05, 4.69) is 34.0 Å². The van der Waals surface area contributed by atoms with Gasteiger partial charge in [-0.05, 0) is 55.5 Å². The van der Waals surface area contributed by atoms with Gasteiger partial charge >= 0.3 is 6.18 Å². The van der Waals surface area contributed by atoms with E-state index in [1.165, 1.54) is 0 Å². The number of carbonyl (C=O) groups excluding carboxylic acids is 1. The number of hydrogen-bond acceptors (Lipinski definition) is 4. The van der Waals surface area contributed by atoms with Crippen molar-refractivity contribution >= 4 is 30.0 Å². The summed E-state index contributed by atoms with van der Waals surface area (Å²) in [6.07, 6.45) is 2.43. The Bertz CT molecular complexity index is 1330. The Morgan fingerprint density at radius 1 is 1.28 bits per heavy atom. The van der Waals surface area contributed by atoms with Crippen LogP contribution in [0.2, 0.25) is 0 Å². The molecule has 1 heterocycles. The van der Waals surface area contributed by atoms with Crippen LogP contribution in [0.1, 0.15) is 37.8 Å². The molecule has 0 saturated heterocycles. The van der Waals surface area contributed by atoms with Gasteiger partial charge < -0.3 is 16.4 Å². The summed E-state index contributed by atoms with van der Waals surface area (Å²) in [5.41, 5.74) is 7.95. The topological polar surface area (TPSA) is 95.8 Å².